The summed E-state index contributed by atoms with van der Waals surface area (Å²) in [5, 5.41) is 14.3. The van der Waals surface area contributed by atoms with Gasteiger partial charge >= 0.3 is 17.7 Å². The Morgan fingerprint density at radius 2 is 1.71 bits per heavy atom. The number of nitrogens with one attached hydrogen (secondary N) is 1. The van der Waals surface area contributed by atoms with Gasteiger partial charge in [-0.05, 0) is 55.5 Å². The van der Waals surface area contributed by atoms with Crippen LogP contribution in [0.4, 0.5) is 0 Å². The van der Waals surface area contributed by atoms with Gasteiger partial charge in [-0.15, -0.1) is 0 Å². The molecule has 0 fully saturated rings. The molecule has 2 atom stereocenters. The normalized spacial score (nSPS) is 15.3. The molecule has 2 N–H and O–H groups in total. The third kappa shape index (κ3) is 6.45. The first-order chi connectivity index (χ1) is 16.8. The van der Waals surface area contributed by atoms with E-state index >= 15 is 0 Å². The van der Waals surface area contributed by atoms with E-state index in [1.165, 1.54) is 0 Å². The average molecular weight is 506 g/mol. The maximum Gasteiger partial charge on any atom is 0.453 e. The van der Waals surface area contributed by atoms with Crippen molar-refractivity contribution < 1.29 is 33.6 Å². The number of para-hydroxylation sites is 1. The first kappa shape index (κ1) is 26.8. The van der Waals surface area contributed by atoms with Crippen LogP contribution in [-0.4, -0.2) is 48.6 Å². The second kappa shape index (κ2) is 12.2. The Kier molecular flexibility index (Phi) is 9.37. The number of carbonyl (C=O) groups excluding carboxylic acids is 2. The zero-order chi connectivity index (χ0) is 25.4. The summed E-state index contributed by atoms with van der Waals surface area (Å²) >= 11 is 6.01. The standard InChI is InChI=1S/C26H32ClNO7/c1-4-12-32-24(30)26(25(31)33-13-5-2)34-22-11-7-9-19(23(22)35-26)14-17(3)28-16-21(29)18-8-6-10-20(27)15-18/h6-11,15,17,21,28-29H,4-5,12-14,16H2,1-3H3/t17-,21+/m1/s1. The van der Waals surface area contributed by atoms with Crippen LogP contribution in [0.2, 0.25) is 5.02 Å². The summed E-state index contributed by atoms with van der Waals surface area (Å²) in [6, 6.07) is 12.2. The first-order valence-corrected chi connectivity index (χ1v) is 12.2. The molecular formula is C26H32ClNO7. The number of aliphatic hydroxyl groups excluding tert-OH is 1. The van der Waals surface area contributed by atoms with E-state index in [9.17, 15) is 14.7 Å². The number of fused-ring (bicyclic) bond motifs is 1. The Morgan fingerprint density at radius 1 is 1.06 bits per heavy atom. The van der Waals surface area contributed by atoms with E-state index in [1.807, 2.05) is 32.9 Å². The first-order valence-electron chi connectivity index (χ1n) is 11.8. The summed E-state index contributed by atoms with van der Waals surface area (Å²) < 4.78 is 22.1. The SMILES string of the molecule is CCCOC(=O)C1(C(=O)OCCC)Oc2cccc(C[C@@H](C)NC[C@H](O)c3cccc(Cl)c3)c2O1. The van der Waals surface area contributed by atoms with Crippen LogP contribution in [0.1, 0.15) is 50.8 Å². The van der Waals surface area contributed by atoms with E-state index in [0.717, 1.165) is 11.1 Å². The Balaban J connectivity index is 1.72. The van der Waals surface area contributed by atoms with E-state index < -0.39 is 23.8 Å². The predicted molar refractivity (Wildman–Crippen MR) is 131 cm³/mol. The number of hydrogen-bond acceptors (Lipinski definition) is 8. The van der Waals surface area contributed by atoms with Crippen molar-refractivity contribution in [2.75, 3.05) is 19.8 Å². The maximum atomic E-state index is 12.8. The van der Waals surface area contributed by atoms with Crippen molar-refractivity contribution in [3.8, 4) is 11.5 Å². The van der Waals surface area contributed by atoms with Crippen LogP contribution in [0.3, 0.4) is 0 Å². The van der Waals surface area contributed by atoms with E-state index in [-0.39, 0.29) is 25.0 Å². The minimum atomic E-state index is -2.33. The van der Waals surface area contributed by atoms with E-state index in [2.05, 4.69) is 5.32 Å². The molecule has 2 aromatic rings. The fourth-order valence-electron chi connectivity index (χ4n) is 3.61. The molecule has 0 radical (unpaired) electrons. The molecule has 0 saturated carbocycles. The molecule has 0 bridgehead atoms. The van der Waals surface area contributed by atoms with E-state index in [0.29, 0.717) is 36.6 Å². The number of aliphatic hydroxyl groups is 1. The van der Waals surface area contributed by atoms with Gasteiger partial charge in [0.2, 0.25) is 0 Å². The predicted octanol–water partition coefficient (Wildman–Crippen LogP) is 3.97. The smallest absolute Gasteiger partial charge is 0.453 e. The molecule has 9 heteroatoms. The molecule has 190 valence electrons. The third-order valence-corrected chi connectivity index (χ3v) is 5.63. The van der Waals surface area contributed by atoms with Crippen molar-refractivity contribution in [2.45, 2.75) is 58.0 Å². The van der Waals surface area contributed by atoms with E-state index in [4.69, 9.17) is 30.5 Å². The summed E-state index contributed by atoms with van der Waals surface area (Å²) in [6.45, 7) is 6.19. The molecule has 8 nitrogen and oxygen atoms in total. The number of rotatable bonds is 12. The fourth-order valence-corrected chi connectivity index (χ4v) is 3.81. The lowest BCUT2D eigenvalue weighted by Crippen LogP contribution is -2.56. The second-order valence-corrected chi connectivity index (χ2v) is 8.86. The molecule has 0 aliphatic carbocycles. The molecular weight excluding hydrogens is 474 g/mol. The summed E-state index contributed by atoms with van der Waals surface area (Å²) in [5.74, 6) is -3.67. The third-order valence-electron chi connectivity index (χ3n) is 5.39. The average Bonchev–Trinajstić information content (AvgIpc) is 3.26. The van der Waals surface area contributed by atoms with Crippen molar-refractivity contribution in [2.24, 2.45) is 0 Å². The quantitative estimate of drug-likeness (QED) is 0.330. The number of benzene rings is 2. The van der Waals surface area contributed by atoms with Crippen molar-refractivity contribution in [3.05, 3.63) is 58.6 Å². The van der Waals surface area contributed by atoms with Crippen molar-refractivity contribution >= 4 is 23.5 Å². The summed E-state index contributed by atoms with van der Waals surface area (Å²) in [4.78, 5) is 25.7. The molecule has 0 amide bonds. The molecule has 1 aliphatic rings. The highest BCUT2D eigenvalue weighted by atomic mass is 35.5. The van der Waals surface area contributed by atoms with Crippen LogP contribution in [0, 0.1) is 0 Å². The molecule has 0 unspecified atom stereocenters. The topological polar surface area (TPSA) is 103 Å². The van der Waals surface area contributed by atoms with Gasteiger partial charge in [-0.3, -0.25) is 0 Å². The van der Waals surface area contributed by atoms with Gasteiger partial charge in [0.1, 0.15) is 0 Å². The molecule has 1 heterocycles. The van der Waals surface area contributed by atoms with Crippen LogP contribution in [-0.2, 0) is 25.5 Å². The maximum absolute atomic E-state index is 12.8. The van der Waals surface area contributed by atoms with Crippen molar-refractivity contribution in [1.82, 2.24) is 5.32 Å². The summed E-state index contributed by atoms with van der Waals surface area (Å²) in [6.07, 6.45) is 0.910. The van der Waals surface area contributed by atoms with Crippen LogP contribution in [0.5, 0.6) is 11.5 Å². The highest BCUT2D eigenvalue weighted by Crippen LogP contribution is 2.43. The fraction of sp³-hybridized carbons (Fsp3) is 0.462. The van der Waals surface area contributed by atoms with Gasteiger partial charge in [0.25, 0.3) is 0 Å². The summed E-state index contributed by atoms with van der Waals surface area (Å²) in [7, 11) is 0. The molecule has 0 spiro atoms. The van der Waals surface area contributed by atoms with Crippen LogP contribution < -0.4 is 14.8 Å². The number of hydrogen-bond donors (Lipinski definition) is 2. The van der Waals surface area contributed by atoms with Crippen molar-refractivity contribution in [1.29, 1.82) is 0 Å². The lowest BCUT2D eigenvalue weighted by Gasteiger charge is -2.23. The number of halogens is 1. The van der Waals surface area contributed by atoms with Gasteiger partial charge in [-0.1, -0.05) is 49.7 Å². The second-order valence-electron chi connectivity index (χ2n) is 8.42. The largest absolute Gasteiger partial charge is 0.459 e. The Morgan fingerprint density at radius 3 is 2.34 bits per heavy atom. The van der Waals surface area contributed by atoms with Gasteiger partial charge in [-0.25, -0.2) is 9.59 Å². The minimum Gasteiger partial charge on any atom is -0.459 e. The number of ether oxygens (including phenoxy) is 4. The lowest BCUT2D eigenvalue weighted by molar-refractivity contribution is -0.202. The molecule has 3 rings (SSSR count). The number of esters is 2. The lowest BCUT2D eigenvalue weighted by atomic mass is 10.0. The van der Waals surface area contributed by atoms with Gasteiger partial charge in [-0.2, -0.15) is 0 Å². The van der Waals surface area contributed by atoms with Crippen LogP contribution in [0.15, 0.2) is 42.5 Å². The van der Waals surface area contributed by atoms with Crippen LogP contribution in [0.25, 0.3) is 0 Å². The highest BCUT2D eigenvalue weighted by molar-refractivity contribution is 6.30. The Hall–Kier alpha value is -2.81. The Labute approximate surface area is 210 Å². The summed E-state index contributed by atoms with van der Waals surface area (Å²) in [5.41, 5.74) is 1.45. The highest BCUT2D eigenvalue weighted by Gasteiger charge is 2.60. The molecule has 2 aromatic carbocycles. The molecule has 1 aliphatic heterocycles. The zero-order valence-corrected chi connectivity index (χ0v) is 21.0. The van der Waals surface area contributed by atoms with Gasteiger partial charge in [0.15, 0.2) is 11.5 Å². The number of carbonyl (C=O) groups is 2. The minimum absolute atomic E-state index is 0.0759. The zero-order valence-electron chi connectivity index (χ0n) is 20.2. The molecule has 35 heavy (non-hydrogen) atoms. The molecule has 0 saturated heterocycles. The Bertz CT molecular complexity index is 1010. The monoisotopic (exact) mass is 505 g/mol. The van der Waals surface area contributed by atoms with Crippen LogP contribution >= 0.6 is 11.6 Å². The van der Waals surface area contributed by atoms with Gasteiger partial charge < -0.3 is 29.4 Å². The molecule has 0 aromatic heterocycles. The van der Waals surface area contributed by atoms with Gasteiger partial charge in [0.05, 0.1) is 19.3 Å². The van der Waals surface area contributed by atoms with E-state index in [1.54, 1.807) is 30.3 Å². The van der Waals surface area contributed by atoms with Crippen molar-refractivity contribution in [3.63, 3.8) is 0 Å². The van der Waals surface area contributed by atoms with Gasteiger partial charge in [0, 0.05) is 17.6 Å².